The van der Waals surface area contributed by atoms with Crippen LogP contribution in [-0.4, -0.2) is 42.5 Å². The standard InChI is InChI=1S/C17H26N4O2/c1-3-19-17(23)21-10-9-14(11-21)20-16(22)12(2)15(18)13-7-5-4-6-8-13/h4-8,12,14-15H,3,9-11,18H2,1-2H3,(H,19,23)(H,20,22). The van der Waals surface area contributed by atoms with E-state index in [4.69, 9.17) is 5.73 Å². The van der Waals surface area contributed by atoms with E-state index in [1.165, 1.54) is 0 Å². The second-order valence-corrected chi connectivity index (χ2v) is 6.00. The highest BCUT2D eigenvalue weighted by Gasteiger charge is 2.29. The monoisotopic (exact) mass is 318 g/mol. The van der Waals surface area contributed by atoms with Crippen molar-refractivity contribution in [3.05, 3.63) is 35.9 Å². The summed E-state index contributed by atoms with van der Waals surface area (Å²) in [6.45, 7) is 5.54. The summed E-state index contributed by atoms with van der Waals surface area (Å²) in [5.41, 5.74) is 7.14. The van der Waals surface area contributed by atoms with E-state index in [-0.39, 0.29) is 29.9 Å². The molecular weight excluding hydrogens is 292 g/mol. The zero-order valence-electron chi connectivity index (χ0n) is 13.8. The van der Waals surface area contributed by atoms with E-state index in [2.05, 4.69) is 10.6 Å². The van der Waals surface area contributed by atoms with Gasteiger partial charge < -0.3 is 21.3 Å². The van der Waals surface area contributed by atoms with Crippen molar-refractivity contribution in [1.29, 1.82) is 0 Å². The van der Waals surface area contributed by atoms with E-state index in [1.54, 1.807) is 4.90 Å². The highest BCUT2D eigenvalue weighted by Crippen LogP contribution is 2.20. The Hall–Kier alpha value is -2.08. The first-order chi connectivity index (χ1) is 11.0. The first-order valence-electron chi connectivity index (χ1n) is 8.16. The Labute approximate surface area is 137 Å². The van der Waals surface area contributed by atoms with E-state index in [9.17, 15) is 9.59 Å². The molecule has 4 N–H and O–H groups in total. The van der Waals surface area contributed by atoms with Crippen LogP contribution in [0, 0.1) is 5.92 Å². The van der Waals surface area contributed by atoms with Gasteiger partial charge in [-0.05, 0) is 18.9 Å². The van der Waals surface area contributed by atoms with Gasteiger partial charge in [0.05, 0.1) is 5.92 Å². The van der Waals surface area contributed by atoms with Gasteiger partial charge in [-0.25, -0.2) is 4.79 Å². The van der Waals surface area contributed by atoms with Gasteiger partial charge in [-0.2, -0.15) is 0 Å². The summed E-state index contributed by atoms with van der Waals surface area (Å²) in [7, 11) is 0. The molecule has 6 heteroatoms. The first kappa shape index (κ1) is 17.3. The third kappa shape index (κ3) is 4.45. The fourth-order valence-corrected chi connectivity index (χ4v) is 2.79. The molecule has 3 amide bonds. The van der Waals surface area contributed by atoms with Crippen LogP contribution < -0.4 is 16.4 Å². The van der Waals surface area contributed by atoms with Crippen molar-refractivity contribution in [2.75, 3.05) is 19.6 Å². The number of nitrogens with zero attached hydrogens (tertiary/aromatic N) is 1. The molecule has 1 aromatic rings. The van der Waals surface area contributed by atoms with Gasteiger partial charge in [0.1, 0.15) is 0 Å². The van der Waals surface area contributed by atoms with Crippen LogP contribution in [0.2, 0.25) is 0 Å². The molecule has 0 spiro atoms. The van der Waals surface area contributed by atoms with Crippen molar-refractivity contribution in [3.63, 3.8) is 0 Å². The summed E-state index contributed by atoms with van der Waals surface area (Å²) in [4.78, 5) is 25.9. The molecular formula is C17H26N4O2. The second kappa shape index (κ2) is 7.97. The number of benzene rings is 1. The van der Waals surface area contributed by atoms with E-state index < -0.39 is 0 Å². The van der Waals surface area contributed by atoms with E-state index in [0.717, 1.165) is 12.0 Å². The van der Waals surface area contributed by atoms with Crippen LogP contribution in [-0.2, 0) is 4.79 Å². The number of carbonyl (C=O) groups is 2. The topological polar surface area (TPSA) is 87.5 Å². The Balaban J connectivity index is 1.86. The van der Waals surface area contributed by atoms with Crippen LogP contribution in [0.3, 0.4) is 0 Å². The zero-order chi connectivity index (χ0) is 16.8. The Bertz CT molecular complexity index is 535. The third-order valence-corrected chi connectivity index (χ3v) is 4.29. The maximum absolute atomic E-state index is 12.4. The van der Waals surface area contributed by atoms with Gasteiger partial charge in [-0.1, -0.05) is 37.3 Å². The molecule has 3 atom stereocenters. The molecule has 0 radical (unpaired) electrons. The molecule has 2 rings (SSSR count). The van der Waals surface area contributed by atoms with Crippen LogP contribution in [0.4, 0.5) is 4.79 Å². The molecule has 1 aromatic carbocycles. The van der Waals surface area contributed by atoms with Gasteiger partial charge in [0.25, 0.3) is 0 Å². The number of rotatable bonds is 5. The maximum Gasteiger partial charge on any atom is 0.317 e. The van der Waals surface area contributed by atoms with Crippen LogP contribution in [0.1, 0.15) is 31.9 Å². The lowest BCUT2D eigenvalue weighted by molar-refractivity contribution is -0.125. The van der Waals surface area contributed by atoms with Crippen molar-refractivity contribution < 1.29 is 9.59 Å². The Kier molecular flexibility index (Phi) is 5.98. The lowest BCUT2D eigenvalue weighted by atomic mass is 9.94. The number of nitrogens with two attached hydrogens (primary N) is 1. The van der Waals surface area contributed by atoms with Gasteiger partial charge in [-0.3, -0.25) is 4.79 Å². The predicted molar refractivity (Wildman–Crippen MR) is 89.7 cm³/mol. The summed E-state index contributed by atoms with van der Waals surface area (Å²) in [5, 5.41) is 5.79. The fraction of sp³-hybridized carbons (Fsp3) is 0.529. The predicted octanol–water partition coefficient (Wildman–Crippen LogP) is 1.24. The molecule has 1 aliphatic heterocycles. The van der Waals surface area contributed by atoms with Gasteiger partial charge in [0, 0.05) is 31.7 Å². The third-order valence-electron chi connectivity index (χ3n) is 4.29. The highest BCUT2D eigenvalue weighted by molar-refractivity contribution is 5.80. The van der Waals surface area contributed by atoms with E-state index in [0.29, 0.717) is 19.6 Å². The Morgan fingerprint density at radius 2 is 2.04 bits per heavy atom. The van der Waals surface area contributed by atoms with E-state index >= 15 is 0 Å². The van der Waals surface area contributed by atoms with Gasteiger partial charge in [0.2, 0.25) is 5.91 Å². The smallest absolute Gasteiger partial charge is 0.317 e. The van der Waals surface area contributed by atoms with Crippen LogP contribution in [0.5, 0.6) is 0 Å². The van der Waals surface area contributed by atoms with Gasteiger partial charge >= 0.3 is 6.03 Å². The largest absolute Gasteiger partial charge is 0.351 e. The number of hydrogen-bond donors (Lipinski definition) is 3. The quantitative estimate of drug-likeness (QED) is 0.763. The highest BCUT2D eigenvalue weighted by atomic mass is 16.2. The molecule has 1 aliphatic rings. The molecule has 6 nitrogen and oxygen atoms in total. The maximum atomic E-state index is 12.4. The lowest BCUT2D eigenvalue weighted by Crippen LogP contribution is -2.44. The molecule has 126 valence electrons. The molecule has 1 heterocycles. The van der Waals surface area contributed by atoms with Crippen molar-refractivity contribution >= 4 is 11.9 Å². The van der Waals surface area contributed by atoms with Crippen LogP contribution in [0.15, 0.2) is 30.3 Å². The van der Waals surface area contributed by atoms with Crippen molar-refractivity contribution in [2.24, 2.45) is 11.7 Å². The molecule has 0 bridgehead atoms. The van der Waals surface area contributed by atoms with Gasteiger partial charge in [-0.15, -0.1) is 0 Å². The summed E-state index contributed by atoms with van der Waals surface area (Å²) in [6.07, 6.45) is 0.774. The molecule has 0 aliphatic carbocycles. The SMILES string of the molecule is CCNC(=O)N1CCC(NC(=O)C(C)C(N)c2ccccc2)C1. The zero-order valence-corrected chi connectivity index (χ0v) is 13.8. The molecule has 23 heavy (non-hydrogen) atoms. The Morgan fingerprint density at radius 3 is 2.70 bits per heavy atom. The average molecular weight is 318 g/mol. The number of carbonyl (C=O) groups excluding carboxylic acids is 2. The number of nitrogens with one attached hydrogen (secondary N) is 2. The van der Waals surface area contributed by atoms with Crippen LogP contribution in [0.25, 0.3) is 0 Å². The molecule has 0 saturated carbocycles. The minimum atomic E-state index is -0.336. The second-order valence-electron chi connectivity index (χ2n) is 6.00. The summed E-state index contributed by atoms with van der Waals surface area (Å²) in [6, 6.07) is 9.21. The fourth-order valence-electron chi connectivity index (χ4n) is 2.79. The van der Waals surface area contributed by atoms with Crippen molar-refractivity contribution in [1.82, 2.24) is 15.5 Å². The number of hydrogen-bond acceptors (Lipinski definition) is 3. The lowest BCUT2D eigenvalue weighted by Gasteiger charge is -2.22. The molecule has 3 unspecified atom stereocenters. The van der Waals surface area contributed by atoms with E-state index in [1.807, 2.05) is 44.2 Å². The summed E-state index contributed by atoms with van der Waals surface area (Å²) >= 11 is 0. The number of amides is 3. The average Bonchev–Trinajstić information content (AvgIpc) is 3.03. The van der Waals surface area contributed by atoms with Crippen molar-refractivity contribution in [3.8, 4) is 0 Å². The molecule has 0 aromatic heterocycles. The van der Waals surface area contributed by atoms with Crippen LogP contribution >= 0.6 is 0 Å². The molecule has 1 fully saturated rings. The normalized spacial score (nSPS) is 20.0. The first-order valence-corrected chi connectivity index (χ1v) is 8.16. The van der Waals surface area contributed by atoms with Crippen molar-refractivity contribution in [2.45, 2.75) is 32.4 Å². The number of urea groups is 1. The minimum absolute atomic E-state index is 0.00414. The summed E-state index contributed by atoms with van der Waals surface area (Å²) < 4.78 is 0. The summed E-state index contributed by atoms with van der Waals surface area (Å²) in [5.74, 6) is -0.389. The Morgan fingerprint density at radius 1 is 1.35 bits per heavy atom. The number of likely N-dealkylation sites (tertiary alicyclic amines) is 1. The molecule has 1 saturated heterocycles. The van der Waals surface area contributed by atoms with Gasteiger partial charge in [0.15, 0.2) is 0 Å². The minimum Gasteiger partial charge on any atom is -0.351 e.